The van der Waals surface area contributed by atoms with Crippen molar-refractivity contribution in [2.45, 2.75) is 19.5 Å². The van der Waals surface area contributed by atoms with E-state index < -0.39 is 0 Å². The Kier molecular flexibility index (Phi) is 8.72. The van der Waals surface area contributed by atoms with Gasteiger partial charge in [-0.1, -0.05) is 29.8 Å². The summed E-state index contributed by atoms with van der Waals surface area (Å²) in [6, 6.07) is 8.72. The second-order valence-electron chi connectivity index (χ2n) is 5.86. The van der Waals surface area contributed by atoms with Crippen molar-refractivity contribution in [3.8, 4) is 0 Å². The molecular weight excluding hydrogens is 353 g/mol. The minimum Gasteiger partial charge on any atom is -0.339 e. The predicted molar refractivity (Wildman–Crippen MR) is 102 cm³/mol. The number of benzene rings is 1. The van der Waals surface area contributed by atoms with E-state index in [1.165, 1.54) is 11.1 Å². The maximum atomic E-state index is 12.3. The first-order valence-electron chi connectivity index (χ1n) is 7.60. The van der Waals surface area contributed by atoms with Gasteiger partial charge >= 0.3 is 0 Å². The molecule has 2 saturated heterocycles. The van der Waals surface area contributed by atoms with Crippen molar-refractivity contribution in [2.75, 3.05) is 37.8 Å². The van der Waals surface area contributed by atoms with Gasteiger partial charge in [-0.3, -0.25) is 15.0 Å². The number of hydrogen-bond acceptors (Lipinski definition) is 4. The molecule has 1 aromatic rings. The molecule has 2 heterocycles. The first-order chi connectivity index (χ1) is 10.2. The molecule has 2 aliphatic rings. The van der Waals surface area contributed by atoms with Crippen LogP contribution >= 0.6 is 36.6 Å². The maximum Gasteiger partial charge on any atom is 0.240 e. The van der Waals surface area contributed by atoms with Crippen molar-refractivity contribution in [3.63, 3.8) is 0 Å². The number of nitrogens with one attached hydrogen (secondary N) is 1. The Morgan fingerprint density at radius 2 is 2.00 bits per heavy atom. The van der Waals surface area contributed by atoms with Gasteiger partial charge in [0.25, 0.3) is 0 Å². The molecule has 3 rings (SSSR count). The highest BCUT2D eigenvalue weighted by atomic mass is 35.5. The summed E-state index contributed by atoms with van der Waals surface area (Å²) in [6.45, 7) is 6.77. The van der Waals surface area contributed by atoms with Crippen molar-refractivity contribution in [1.82, 2.24) is 15.1 Å². The van der Waals surface area contributed by atoms with Gasteiger partial charge in [-0.2, -0.15) is 0 Å². The molecule has 0 aromatic heterocycles. The average Bonchev–Trinajstić information content (AvgIpc) is 3.01. The highest BCUT2D eigenvalue weighted by molar-refractivity contribution is 7.99. The van der Waals surface area contributed by atoms with E-state index in [2.05, 4.69) is 41.4 Å². The Morgan fingerprint density at radius 1 is 1.26 bits per heavy atom. The molecule has 23 heavy (non-hydrogen) atoms. The Morgan fingerprint density at radius 3 is 2.61 bits per heavy atom. The summed E-state index contributed by atoms with van der Waals surface area (Å²) in [5.74, 6) is 2.11. The van der Waals surface area contributed by atoms with Crippen LogP contribution in [0.3, 0.4) is 0 Å². The van der Waals surface area contributed by atoms with E-state index in [4.69, 9.17) is 0 Å². The van der Waals surface area contributed by atoms with Crippen LogP contribution in [0.4, 0.5) is 0 Å². The molecule has 1 N–H and O–H groups in total. The fourth-order valence-electron chi connectivity index (χ4n) is 2.97. The normalized spacial score (nSPS) is 21.4. The second-order valence-corrected chi connectivity index (χ2v) is 6.89. The first kappa shape index (κ1) is 20.6. The van der Waals surface area contributed by atoms with Crippen LogP contribution in [-0.2, 0) is 11.3 Å². The van der Waals surface area contributed by atoms with Crippen LogP contribution in [0.1, 0.15) is 11.1 Å². The molecule has 130 valence electrons. The monoisotopic (exact) mass is 377 g/mol. The Hall–Kier alpha value is -0.460. The Balaban J connectivity index is 0.00000132. The Bertz CT molecular complexity index is 504. The summed E-state index contributed by atoms with van der Waals surface area (Å²) in [7, 11) is 0. The molecule has 2 fully saturated rings. The molecule has 0 radical (unpaired) electrons. The fourth-order valence-corrected chi connectivity index (χ4v) is 3.90. The molecule has 4 nitrogen and oxygen atoms in total. The van der Waals surface area contributed by atoms with Crippen LogP contribution in [0.15, 0.2) is 24.3 Å². The third-order valence-corrected chi connectivity index (χ3v) is 5.13. The molecule has 1 unspecified atom stereocenters. The van der Waals surface area contributed by atoms with Crippen molar-refractivity contribution < 1.29 is 4.79 Å². The predicted octanol–water partition coefficient (Wildman–Crippen LogP) is 2.15. The average molecular weight is 378 g/mol. The van der Waals surface area contributed by atoms with Crippen LogP contribution < -0.4 is 5.32 Å². The summed E-state index contributed by atoms with van der Waals surface area (Å²) >= 11 is 1.81. The Labute approximate surface area is 155 Å². The zero-order valence-corrected chi connectivity index (χ0v) is 15.8. The van der Waals surface area contributed by atoms with Gasteiger partial charge in [-0.05, 0) is 12.5 Å². The number of piperazine rings is 1. The molecule has 0 spiro atoms. The van der Waals surface area contributed by atoms with E-state index in [-0.39, 0.29) is 36.8 Å². The molecule has 1 atom stereocenters. The van der Waals surface area contributed by atoms with E-state index >= 15 is 0 Å². The molecule has 0 bridgehead atoms. The van der Waals surface area contributed by atoms with Gasteiger partial charge in [0.2, 0.25) is 5.91 Å². The van der Waals surface area contributed by atoms with Gasteiger partial charge in [-0.15, -0.1) is 36.6 Å². The number of carbonyl (C=O) groups is 1. The zero-order valence-electron chi connectivity index (χ0n) is 13.4. The van der Waals surface area contributed by atoms with Gasteiger partial charge in [-0.25, -0.2) is 0 Å². The van der Waals surface area contributed by atoms with Crippen LogP contribution in [0.25, 0.3) is 0 Å². The number of rotatable bonds is 3. The number of nitrogens with zero attached hydrogens (tertiary/aromatic N) is 2. The van der Waals surface area contributed by atoms with E-state index in [0.717, 1.165) is 44.4 Å². The van der Waals surface area contributed by atoms with Gasteiger partial charge in [0.05, 0.1) is 6.04 Å². The number of halogens is 2. The smallest absolute Gasteiger partial charge is 0.240 e. The van der Waals surface area contributed by atoms with Crippen LogP contribution in [0.5, 0.6) is 0 Å². The van der Waals surface area contributed by atoms with Crippen LogP contribution in [0, 0.1) is 6.92 Å². The van der Waals surface area contributed by atoms with Gasteiger partial charge in [0.15, 0.2) is 0 Å². The summed E-state index contributed by atoms with van der Waals surface area (Å²) in [5, 5.41) is 3.27. The number of carbonyl (C=O) groups excluding carboxylic acids is 1. The fraction of sp³-hybridized carbons (Fsp3) is 0.562. The zero-order chi connectivity index (χ0) is 14.7. The van der Waals surface area contributed by atoms with E-state index in [9.17, 15) is 4.79 Å². The maximum absolute atomic E-state index is 12.3. The summed E-state index contributed by atoms with van der Waals surface area (Å²) in [6.07, 6.45) is 0. The third kappa shape index (κ3) is 5.54. The minimum absolute atomic E-state index is 0. The van der Waals surface area contributed by atoms with Crippen molar-refractivity contribution >= 4 is 42.5 Å². The third-order valence-electron chi connectivity index (χ3n) is 4.19. The second kappa shape index (κ2) is 9.74. The molecule has 1 amide bonds. The van der Waals surface area contributed by atoms with E-state index in [1.54, 1.807) is 0 Å². The van der Waals surface area contributed by atoms with Crippen molar-refractivity contribution in [3.05, 3.63) is 35.4 Å². The first-order valence-corrected chi connectivity index (χ1v) is 8.75. The lowest BCUT2D eigenvalue weighted by Gasteiger charge is -2.35. The molecule has 1 aromatic carbocycles. The number of amides is 1. The standard InChI is InChI=1S/C16H23N3OS.2ClH/c1-13-3-2-4-14(9-13)10-18-5-7-19(8-6-18)16(20)15-11-21-12-17-15;;/h2-4,9,15,17H,5-8,10-12H2,1H3;2*1H. The molecule has 0 aliphatic carbocycles. The van der Waals surface area contributed by atoms with Crippen molar-refractivity contribution in [1.29, 1.82) is 0 Å². The summed E-state index contributed by atoms with van der Waals surface area (Å²) < 4.78 is 0. The summed E-state index contributed by atoms with van der Waals surface area (Å²) in [5.41, 5.74) is 2.68. The number of hydrogen-bond donors (Lipinski definition) is 1. The van der Waals surface area contributed by atoms with E-state index in [0.29, 0.717) is 0 Å². The number of thioether (sulfide) groups is 1. The number of aryl methyl sites for hydroxylation is 1. The highest BCUT2D eigenvalue weighted by Crippen LogP contribution is 2.14. The van der Waals surface area contributed by atoms with E-state index in [1.807, 2.05) is 16.7 Å². The quantitative estimate of drug-likeness (QED) is 0.874. The van der Waals surface area contributed by atoms with Crippen LogP contribution in [0.2, 0.25) is 0 Å². The largest absolute Gasteiger partial charge is 0.339 e. The van der Waals surface area contributed by atoms with Gasteiger partial charge in [0, 0.05) is 44.4 Å². The molecule has 2 aliphatic heterocycles. The molecule has 7 heteroatoms. The van der Waals surface area contributed by atoms with Crippen LogP contribution in [-0.4, -0.2) is 59.6 Å². The van der Waals surface area contributed by atoms with Gasteiger partial charge in [0.1, 0.15) is 0 Å². The lowest BCUT2D eigenvalue weighted by molar-refractivity contribution is -0.134. The minimum atomic E-state index is 0. The van der Waals surface area contributed by atoms with Crippen molar-refractivity contribution in [2.24, 2.45) is 0 Å². The SMILES string of the molecule is Cc1cccc(CN2CCN(C(=O)C3CSCN3)CC2)c1.Cl.Cl. The lowest BCUT2D eigenvalue weighted by atomic mass is 10.1. The molecule has 0 saturated carbocycles. The molecular formula is C16H25Cl2N3OS. The lowest BCUT2D eigenvalue weighted by Crippen LogP contribution is -2.53. The summed E-state index contributed by atoms with van der Waals surface area (Å²) in [4.78, 5) is 16.8. The topological polar surface area (TPSA) is 35.6 Å². The highest BCUT2D eigenvalue weighted by Gasteiger charge is 2.29. The van der Waals surface area contributed by atoms with Gasteiger partial charge < -0.3 is 4.90 Å².